The normalized spacial score (nSPS) is 18.6. The standard InChI is InChI=1S/C6H8N2/c1-5-4-6(7)2-3-8-5/h3-4,7H,2H2,1H3. The van der Waals surface area contributed by atoms with Crippen molar-refractivity contribution in [1.82, 2.24) is 0 Å². The zero-order chi connectivity index (χ0) is 5.98. The van der Waals surface area contributed by atoms with E-state index in [1.165, 1.54) is 0 Å². The van der Waals surface area contributed by atoms with Crippen LogP contribution in [0.5, 0.6) is 0 Å². The fraction of sp³-hybridized carbons (Fsp3) is 0.333. The minimum atomic E-state index is 0.650. The molecular weight excluding hydrogens is 100 g/mol. The highest BCUT2D eigenvalue weighted by atomic mass is 14.7. The van der Waals surface area contributed by atoms with Crippen LogP contribution in [0.15, 0.2) is 16.8 Å². The van der Waals surface area contributed by atoms with E-state index in [4.69, 9.17) is 5.41 Å². The van der Waals surface area contributed by atoms with Crippen molar-refractivity contribution in [2.75, 3.05) is 0 Å². The third-order valence-electron chi connectivity index (χ3n) is 0.989. The third kappa shape index (κ3) is 1.03. The van der Waals surface area contributed by atoms with E-state index in [0.717, 1.165) is 5.70 Å². The van der Waals surface area contributed by atoms with Crippen molar-refractivity contribution in [3.05, 3.63) is 11.8 Å². The Balaban J connectivity index is 2.77. The summed E-state index contributed by atoms with van der Waals surface area (Å²) in [6, 6.07) is 0. The van der Waals surface area contributed by atoms with Gasteiger partial charge in [-0.1, -0.05) is 0 Å². The second-order valence-electron chi connectivity index (χ2n) is 1.83. The van der Waals surface area contributed by atoms with Crippen LogP contribution < -0.4 is 0 Å². The second-order valence-corrected chi connectivity index (χ2v) is 1.83. The molecule has 1 rings (SSSR count). The minimum absolute atomic E-state index is 0.650. The van der Waals surface area contributed by atoms with E-state index < -0.39 is 0 Å². The SMILES string of the molecule is CC1=CC(=N)CC=N1. The van der Waals surface area contributed by atoms with Crippen LogP contribution in [0.4, 0.5) is 0 Å². The van der Waals surface area contributed by atoms with E-state index in [1.807, 2.05) is 6.92 Å². The van der Waals surface area contributed by atoms with Gasteiger partial charge in [0.25, 0.3) is 0 Å². The predicted octanol–water partition coefficient (Wildman–Crippen LogP) is 1.38. The monoisotopic (exact) mass is 108 g/mol. The summed E-state index contributed by atoms with van der Waals surface area (Å²) in [6.07, 6.45) is 4.23. The number of nitrogens with one attached hydrogen (secondary N) is 1. The first kappa shape index (κ1) is 5.22. The van der Waals surface area contributed by atoms with E-state index >= 15 is 0 Å². The van der Waals surface area contributed by atoms with Crippen LogP contribution in [0.3, 0.4) is 0 Å². The van der Waals surface area contributed by atoms with Crippen LogP contribution in [-0.2, 0) is 0 Å². The lowest BCUT2D eigenvalue weighted by atomic mass is 10.2. The van der Waals surface area contributed by atoms with Crippen molar-refractivity contribution in [1.29, 1.82) is 5.41 Å². The van der Waals surface area contributed by atoms with Gasteiger partial charge in [-0.25, -0.2) is 0 Å². The van der Waals surface area contributed by atoms with E-state index in [0.29, 0.717) is 12.1 Å². The molecule has 0 saturated heterocycles. The van der Waals surface area contributed by atoms with Crippen LogP contribution in [-0.4, -0.2) is 11.9 Å². The molecule has 0 spiro atoms. The summed E-state index contributed by atoms with van der Waals surface area (Å²) < 4.78 is 0. The van der Waals surface area contributed by atoms with Crippen molar-refractivity contribution in [3.63, 3.8) is 0 Å². The summed E-state index contributed by atoms with van der Waals surface area (Å²) in [7, 11) is 0. The first-order valence-corrected chi connectivity index (χ1v) is 2.57. The minimum Gasteiger partial charge on any atom is -0.305 e. The molecule has 0 amide bonds. The molecule has 1 N–H and O–H groups in total. The lowest BCUT2D eigenvalue weighted by molar-refractivity contribution is 1.27. The summed E-state index contributed by atoms with van der Waals surface area (Å²) in [4.78, 5) is 3.98. The van der Waals surface area contributed by atoms with Crippen molar-refractivity contribution in [2.24, 2.45) is 4.99 Å². The molecule has 0 aliphatic carbocycles. The molecule has 8 heavy (non-hydrogen) atoms. The van der Waals surface area contributed by atoms with E-state index in [9.17, 15) is 0 Å². The van der Waals surface area contributed by atoms with E-state index in [1.54, 1.807) is 12.3 Å². The van der Waals surface area contributed by atoms with Crippen LogP contribution in [0, 0.1) is 5.41 Å². The van der Waals surface area contributed by atoms with Crippen LogP contribution in [0.25, 0.3) is 0 Å². The molecule has 42 valence electrons. The van der Waals surface area contributed by atoms with Gasteiger partial charge < -0.3 is 5.41 Å². The molecule has 2 nitrogen and oxygen atoms in total. The smallest absolute Gasteiger partial charge is 0.0386 e. The van der Waals surface area contributed by atoms with Gasteiger partial charge in [0.15, 0.2) is 0 Å². The fourth-order valence-electron chi connectivity index (χ4n) is 0.636. The molecule has 1 heterocycles. The van der Waals surface area contributed by atoms with Crippen LogP contribution in [0.2, 0.25) is 0 Å². The molecule has 0 atom stereocenters. The van der Waals surface area contributed by atoms with E-state index in [2.05, 4.69) is 4.99 Å². The lowest BCUT2D eigenvalue weighted by Gasteiger charge is -1.98. The van der Waals surface area contributed by atoms with Gasteiger partial charge in [-0.2, -0.15) is 0 Å². The van der Waals surface area contributed by atoms with E-state index in [-0.39, 0.29) is 0 Å². The van der Waals surface area contributed by atoms with Crippen molar-refractivity contribution in [2.45, 2.75) is 13.3 Å². The van der Waals surface area contributed by atoms with Gasteiger partial charge in [0.2, 0.25) is 0 Å². The summed E-state index contributed by atoms with van der Waals surface area (Å²) in [6.45, 7) is 1.89. The Labute approximate surface area is 48.4 Å². The molecule has 1 aliphatic heterocycles. The van der Waals surface area contributed by atoms with Gasteiger partial charge >= 0.3 is 0 Å². The molecule has 1 aliphatic rings. The molecule has 0 aromatic heterocycles. The predicted molar refractivity (Wildman–Crippen MR) is 34.6 cm³/mol. The Hall–Kier alpha value is -0.920. The molecule has 0 saturated carbocycles. The number of rotatable bonds is 0. The Kier molecular flexibility index (Phi) is 1.24. The Bertz CT molecular complexity index is 165. The Morgan fingerprint density at radius 2 is 2.50 bits per heavy atom. The maximum absolute atomic E-state index is 7.15. The second kappa shape index (κ2) is 1.90. The number of nitrogens with zero attached hydrogens (tertiary/aromatic N) is 1. The number of hydrogen-bond donors (Lipinski definition) is 1. The highest BCUT2D eigenvalue weighted by Crippen LogP contribution is 2.00. The van der Waals surface area contributed by atoms with Gasteiger partial charge in [0.05, 0.1) is 0 Å². The van der Waals surface area contributed by atoms with Crippen molar-refractivity contribution in [3.8, 4) is 0 Å². The first-order chi connectivity index (χ1) is 3.79. The number of allylic oxidation sites excluding steroid dienone is 2. The summed E-state index contributed by atoms with van der Waals surface area (Å²) >= 11 is 0. The summed E-state index contributed by atoms with van der Waals surface area (Å²) in [5.74, 6) is 0. The highest BCUT2D eigenvalue weighted by Gasteiger charge is 1.95. The lowest BCUT2D eigenvalue weighted by Crippen LogP contribution is -1.97. The molecule has 0 bridgehead atoms. The molecule has 2 heteroatoms. The molecule has 0 unspecified atom stereocenters. The maximum atomic E-state index is 7.15. The molecule has 0 fully saturated rings. The van der Waals surface area contributed by atoms with Gasteiger partial charge in [-0.3, -0.25) is 4.99 Å². The summed E-state index contributed by atoms with van der Waals surface area (Å²) in [5, 5.41) is 7.15. The first-order valence-electron chi connectivity index (χ1n) is 2.57. The van der Waals surface area contributed by atoms with Gasteiger partial charge in [-0.05, 0) is 13.0 Å². The molecule has 0 aromatic rings. The molecule has 0 aromatic carbocycles. The maximum Gasteiger partial charge on any atom is 0.0386 e. The average molecular weight is 108 g/mol. The zero-order valence-electron chi connectivity index (χ0n) is 4.81. The van der Waals surface area contributed by atoms with Gasteiger partial charge in [-0.15, -0.1) is 0 Å². The average Bonchev–Trinajstić information content (AvgIpc) is 1.64. The number of hydrogen-bond acceptors (Lipinski definition) is 2. The molecule has 0 radical (unpaired) electrons. The largest absolute Gasteiger partial charge is 0.305 e. The topological polar surface area (TPSA) is 36.2 Å². The fourth-order valence-corrected chi connectivity index (χ4v) is 0.636. The highest BCUT2D eigenvalue weighted by molar-refractivity contribution is 6.03. The van der Waals surface area contributed by atoms with Crippen LogP contribution >= 0.6 is 0 Å². The Morgan fingerprint density at radius 1 is 1.75 bits per heavy atom. The van der Waals surface area contributed by atoms with Crippen molar-refractivity contribution >= 4 is 11.9 Å². The summed E-state index contributed by atoms with van der Waals surface area (Å²) in [5.41, 5.74) is 1.58. The zero-order valence-corrected chi connectivity index (χ0v) is 4.81. The number of aliphatic imine (C=N–C) groups is 1. The van der Waals surface area contributed by atoms with Crippen molar-refractivity contribution < 1.29 is 0 Å². The quantitative estimate of drug-likeness (QED) is 0.486. The van der Waals surface area contributed by atoms with Crippen LogP contribution in [0.1, 0.15) is 13.3 Å². The van der Waals surface area contributed by atoms with Gasteiger partial charge in [0.1, 0.15) is 0 Å². The Morgan fingerprint density at radius 3 is 2.88 bits per heavy atom. The third-order valence-corrected chi connectivity index (χ3v) is 0.989. The molecular formula is C6H8N2. The van der Waals surface area contributed by atoms with Gasteiger partial charge in [0, 0.05) is 24.0 Å².